The number of hydrogen-bond acceptors (Lipinski definition) is 5. The number of anilines is 1. The predicted octanol–water partition coefficient (Wildman–Crippen LogP) is 2.29. The Bertz CT molecular complexity index is 1240. The highest BCUT2D eigenvalue weighted by Gasteiger charge is 2.14. The minimum absolute atomic E-state index is 0.143. The molecule has 0 spiro atoms. The van der Waals surface area contributed by atoms with Gasteiger partial charge in [-0.3, -0.25) is 14.2 Å². The zero-order valence-corrected chi connectivity index (χ0v) is 16.2. The van der Waals surface area contributed by atoms with E-state index in [1.807, 2.05) is 62.4 Å². The van der Waals surface area contributed by atoms with Crippen LogP contribution < -0.4 is 10.9 Å². The van der Waals surface area contributed by atoms with E-state index in [1.165, 1.54) is 10.9 Å². The quantitative estimate of drug-likeness (QED) is 0.566. The number of benzene rings is 2. The average molecular weight is 388 g/mol. The summed E-state index contributed by atoms with van der Waals surface area (Å²) in [6.07, 6.45) is 1.36. The molecule has 0 atom stereocenters. The van der Waals surface area contributed by atoms with Crippen molar-refractivity contribution < 1.29 is 4.79 Å². The van der Waals surface area contributed by atoms with Crippen molar-refractivity contribution in [3.05, 3.63) is 81.9 Å². The Hall–Kier alpha value is -3.81. The third-order valence-electron chi connectivity index (χ3n) is 4.72. The Kier molecular flexibility index (Phi) is 4.90. The lowest BCUT2D eigenvalue weighted by Gasteiger charge is -2.08. The van der Waals surface area contributed by atoms with Crippen molar-refractivity contribution in [1.82, 2.24) is 24.5 Å². The molecule has 0 radical (unpaired) electrons. The van der Waals surface area contributed by atoms with E-state index in [-0.39, 0.29) is 18.0 Å². The highest BCUT2D eigenvalue weighted by molar-refractivity contribution is 5.90. The molecule has 0 saturated carbocycles. The standard InChI is InChI=1S/C21H20N6O2/c1-14-7-9-17(10-8-14)23-18(28)12-26-13-22-20-19(21(26)29)24-25-27(20)11-16-6-4-3-5-15(16)2/h3-10,13H,11-12H2,1-2H3,(H,23,28). The largest absolute Gasteiger partial charge is 0.325 e. The summed E-state index contributed by atoms with van der Waals surface area (Å²) < 4.78 is 2.83. The van der Waals surface area contributed by atoms with Gasteiger partial charge >= 0.3 is 0 Å². The smallest absolute Gasteiger partial charge is 0.283 e. The van der Waals surface area contributed by atoms with Crippen LogP contribution in [0.2, 0.25) is 0 Å². The molecule has 2 aromatic carbocycles. The fraction of sp³-hybridized carbons (Fsp3) is 0.190. The molecule has 0 aliphatic rings. The fourth-order valence-corrected chi connectivity index (χ4v) is 3.05. The number of fused-ring (bicyclic) bond motifs is 1. The monoisotopic (exact) mass is 388 g/mol. The molecule has 2 aromatic heterocycles. The van der Waals surface area contributed by atoms with Crippen molar-refractivity contribution in [3.63, 3.8) is 0 Å². The lowest BCUT2D eigenvalue weighted by Crippen LogP contribution is -2.28. The van der Waals surface area contributed by atoms with Crippen LogP contribution in [-0.4, -0.2) is 30.5 Å². The van der Waals surface area contributed by atoms with Crippen LogP contribution in [0.25, 0.3) is 11.2 Å². The molecule has 1 N–H and O–H groups in total. The van der Waals surface area contributed by atoms with Gasteiger partial charge in [0, 0.05) is 5.69 Å². The summed E-state index contributed by atoms with van der Waals surface area (Å²) in [6.45, 7) is 4.30. The van der Waals surface area contributed by atoms with Gasteiger partial charge in [-0.15, -0.1) is 5.10 Å². The Labute approximate surface area is 166 Å². The minimum Gasteiger partial charge on any atom is -0.325 e. The van der Waals surface area contributed by atoms with E-state index < -0.39 is 5.56 Å². The Balaban J connectivity index is 1.55. The van der Waals surface area contributed by atoms with Crippen molar-refractivity contribution >= 4 is 22.8 Å². The van der Waals surface area contributed by atoms with Crippen LogP contribution in [0, 0.1) is 13.8 Å². The van der Waals surface area contributed by atoms with Crippen molar-refractivity contribution in [1.29, 1.82) is 0 Å². The maximum atomic E-state index is 12.7. The van der Waals surface area contributed by atoms with E-state index in [9.17, 15) is 9.59 Å². The van der Waals surface area contributed by atoms with Gasteiger partial charge in [0.2, 0.25) is 5.91 Å². The molecule has 0 saturated heterocycles. The molecular formula is C21H20N6O2. The topological polar surface area (TPSA) is 94.7 Å². The number of amides is 1. The first-order valence-corrected chi connectivity index (χ1v) is 9.21. The third-order valence-corrected chi connectivity index (χ3v) is 4.72. The van der Waals surface area contributed by atoms with Gasteiger partial charge in [0.1, 0.15) is 12.9 Å². The van der Waals surface area contributed by atoms with E-state index >= 15 is 0 Å². The zero-order chi connectivity index (χ0) is 20.4. The summed E-state index contributed by atoms with van der Waals surface area (Å²) >= 11 is 0. The normalized spacial score (nSPS) is 11.0. The number of nitrogens with one attached hydrogen (secondary N) is 1. The van der Waals surface area contributed by atoms with Gasteiger partial charge in [-0.2, -0.15) is 0 Å². The number of rotatable bonds is 5. The highest BCUT2D eigenvalue weighted by Crippen LogP contribution is 2.12. The van der Waals surface area contributed by atoms with Crippen LogP contribution >= 0.6 is 0 Å². The lowest BCUT2D eigenvalue weighted by atomic mass is 10.1. The van der Waals surface area contributed by atoms with Gasteiger partial charge < -0.3 is 5.32 Å². The Morgan fingerprint density at radius 3 is 2.59 bits per heavy atom. The van der Waals surface area contributed by atoms with Crippen LogP contribution in [0.1, 0.15) is 16.7 Å². The molecule has 29 heavy (non-hydrogen) atoms. The van der Waals surface area contributed by atoms with E-state index in [0.717, 1.165) is 16.7 Å². The average Bonchev–Trinajstić information content (AvgIpc) is 3.11. The zero-order valence-electron chi connectivity index (χ0n) is 16.2. The molecule has 146 valence electrons. The summed E-state index contributed by atoms with van der Waals surface area (Å²) in [5, 5.41) is 10.8. The molecule has 8 nitrogen and oxygen atoms in total. The Morgan fingerprint density at radius 2 is 1.83 bits per heavy atom. The van der Waals surface area contributed by atoms with E-state index in [0.29, 0.717) is 17.9 Å². The molecule has 2 heterocycles. The molecule has 4 rings (SSSR count). The van der Waals surface area contributed by atoms with Crippen molar-refractivity contribution in [2.45, 2.75) is 26.9 Å². The molecule has 1 amide bonds. The van der Waals surface area contributed by atoms with Crippen LogP contribution in [-0.2, 0) is 17.9 Å². The second-order valence-corrected chi connectivity index (χ2v) is 6.94. The number of aromatic nitrogens is 5. The van der Waals surface area contributed by atoms with Crippen molar-refractivity contribution in [2.24, 2.45) is 0 Å². The molecular weight excluding hydrogens is 368 g/mol. The lowest BCUT2D eigenvalue weighted by molar-refractivity contribution is -0.116. The molecule has 4 aromatic rings. The molecule has 0 aliphatic heterocycles. The summed E-state index contributed by atoms with van der Waals surface area (Å²) in [5.41, 5.74) is 4.11. The van der Waals surface area contributed by atoms with Crippen LogP contribution in [0.4, 0.5) is 5.69 Å². The third kappa shape index (κ3) is 3.91. The molecule has 0 aliphatic carbocycles. The van der Waals surface area contributed by atoms with Gasteiger partial charge in [0.25, 0.3) is 5.56 Å². The van der Waals surface area contributed by atoms with Crippen LogP contribution in [0.15, 0.2) is 59.7 Å². The van der Waals surface area contributed by atoms with Crippen LogP contribution in [0.5, 0.6) is 0 Å². The highest BCUT2D eigenvalue weighted by atomic mass is 16.2. The molecule has 0 unspecified atom stereocenters. The Morgan fingerprint density at radius 1 is 1.07 bits per heavy atom. The maximum absolute atomic E-state index is 12.7. The summed E-state index contributed by atoms with van der Waals surface area (Å²) in [5.74, 6) is -0.315. The van der Waals surface area contributed by atoms with Gasteiger partial charge in [-0.05, 0) is 37.1 Å². The summed E-state index contributed by atoms with van der Waals surface area (Å²) in [4.78, 5) is 29.3. The molecule has 0 fully saturated rings. The minimum atomic E-state index is -0.398. The first-order chi connectivity index (χ1) is 14.0. The van der Waals surface area contributed by atoms with E-state index in [2.05, 4.69) is 20.6 Å². The van der Waals surface area contributed by atoms with Crippen molar-refractivity contribution in [3.8, 4) is 0 Å². The second-order valence-electron chi connectivity index (χ2n) is 6.94. The second kappa shape index (κ2) is 7.67. The number of aryl methyl sites for hydroxylation is 2. The van der Waals surface area contributed by atoms with Gasteiger partial charge in [-0.25, -0.2) is 9.67 Å². The summed E-state index contributed by atoms with van der Waals surface area (Å²) in [7, 11) is 0. The van der Waals surface area contributed by atoms with Gasteiger partial charge in [0.15, 0.2) is 11.2 Å². The predicted molar refractivity (Wildman–Crippen MR) is 110 cm³/mol. The van der Waals surface area contributed by atoms with E-state index in [4.69, 9.17) is 0 Å². The number of carbonyl (C=O) groups is 1. The van der Waals surface area contributed by atoms with Gasteiger partial charge in [0.05, 0.1) is 6.54 Å². The van der Waals surface area contributed by atoms with Gasteiger partial charge in [-0.1, -0.05) is 47.2 Å². The first kappa shape index (κ1) is 18.5. The molecule has 8 heteroatoms. The maximum Gasteiger partial charge on any atom is 0.283 e. The molecule has 0 bridgehead atoms. The SMILES string of the molecule is Cc1ccc(NC(=O)Cn2cnc3c(nnn3Cc3ccccc3C)c2=O)cc1. The van der Waals surface area contributed by atoms with Crippen LogP contribution in [0.3, 0.4) is 0 Å². The number of hydrogen-bond donors (Lipinski definition) is 1. The first-order valence-electron chi connectivity index (χ1n) is 9.21. The fourth-order valence-electron chi connectivity index (χ4n) is 3.05. The van der Waals surface area contributed by atoms with E-state index in [1.54, 1.807) is 4.68 Å². The number of nitrogens with zero attached hydrogens (tertiary/aromatic N) is 5. The summed E-state index contributed by atoms with van der Waals surface area (Å²) in [6, 6.07) is 15.4. The number of carbonyl (C=O) groups excluding carboxylic acids is 1. The van der Waals surface area contributed by atoms with Crippen molar-refractivity contribution in [2.75, 3.05) is 5.32 Å².